The molecule has 20 heavy (non-hydrogen) atoms. The average molecular weight is 291 g/mol. The molecule has 2 aromatic rings. The van der Waals surface area contributed by atoms with Crippen LogP contribution in [0.2, 0.25) is 0 Å². The third-order valence-electron chi connectivity index (χ3n) is 3.68. The number of rotatable bonds is 3. The Balaban J connectivity index is 1.78. The number of nitrogens with one attached hydrogen (secondary N) is 2. The molecule has 1 aliphatic heterocycles. The number of amides is 1. The number of thiazole rings is 1. The lowest BCUT2D eigenvalue weighted by Crippen LogP contribution is -2.27. The van der Waals surface area contributed by atoms with Gasteiger partial charge in [0.15, 0.2) is 5.13 Å². The van der Waals surface area contributed by atoms with Gasteiger partial charge >= 0.3 is 0 Å². The number of fused-ring (bicyclic) bond motifs is 1. The van der Waals surface area contributed by atoms with E-state index < -0.39 is 0 Å². The van der Waals surface area contributed by atoms with Crippen LogP contribution in [0.4, 0.5) is 5.13 Å². The molecular formula is C14H17N3O2S. The van der Waals surface area contributed by atoms with Crippen LogP contribution in [0.1, 0.15) is 6.92 Å². The number of methoxy groups -OCH3 is 1. The Hall–Kier alpha value is -1.66. The molecule has 0 aliphatic carbocycles. The van der Waals surface area contributed by atoms with Crippen molar-refractivity contribution in [3.05, 3.63) is 18.2 Å². The Morgan fingerprint density at radius 1 is 1.50 bits per heavy atom. The summed E-state index contributed by atoms with van der Waals surface area (Å²) in [4.78, 5) is 16.7. The summed E-state index contributed by atoms with van der Waals surface area (Å²) in [6.07, 6.45) is 0. The number of nitrogens with zero attached hydrogens (tertiary/aromatic N) is 1. The molecule has 0 saturated carbocycles. The van der Waals surface area contributed by atoms with Crippen molar-refractivity contribution in [1.82, 2.24) is 10.3 Å². The van der Waals surface area contributed by atoms with Crippen LogP contribution in [0, 0.1) is 11.8 Å². The van der Waals surface area contributed by atoms with E-state index in [-0.39, 0.29) is 11.8 Å². The molecule has 1 aromatic heterocycles. The highest BCUT2D eigenvalue weighted by Crippen LogP contribution is 2.29. The predicted molar refractivity (Wildman–Crippen MR) is 80.3 cm³/mol. The number of carbonyl (C=O) groups excluding carboxylic acids is 1. The van der Waals surface area contributed by atoms with Crippen molar-refractivity contribution < 1.29 is 9.53 Å². The molecule has 0 bridgehead atoms. The molecule has 0 unspecified atom stereocenters. The summed E-state index contributed by atoms with van der Waals surface area (Å²) in [7, 11) is 1.64. The summed E-state index contributed by atoms with van der Waals surface area (Å²) < 4.78 is 6.20. The van der Waals surface area contributed by atoms with Gasteiger partial charge in [0, 0.05) is 6.54 Å². The summed E-state index contributed by atoms with van der Waals surface area (Å²) >= 11 is 1.47. The number of hydrogen-bond donors (Lipinski definition) is 2. The number of carbonyl (C=O) groups is 1. The molecule has 106 valence electrons. The zero-order chi connectivity index (χ0) is 14.1. The zero-order valence-corrected chi connectivity index (χ0v) is 12.3. The maximum absolute atomic E-state index is 12.2. The predicted octanol–water partition coefficient (Wildman–Crippen LogP) is 2.10. The van der Waals surface area contributed by atoms with Crippen LogP contribution in [-0.2, 0) is 4.79 Å². The largest absolute Gasteiger partial charge is 0.497 e. The van der Waals surface area contributed by atoms with Gasteiger partial charge in [-0.2, -0.15) is 0 Å². The first-order chi connectivity index (χ1) is 9.67. The lowest BCUT2D eigenvalue weighted by Gasteiger charge is -2.12. The first-order valence-electron chi connectivity index (χ1n) is 6.63. The van der Waals surface area contributed by atoms with Gasteiger partial charge < -0.3 is 15.4 Å². The van der Waals surface area contributed by atoms with E-state index in [2.05, 4.69) is 22.5 Å². The topological polar surface area (TPSA) is 63.2 Å². The van der Waals surface area contributed by atoms with Crippen molar-refractivity contribution in [2.45, 2.75) is 6.92 Å². The molecule has 5 nitrogen and oxygen atoms in total. The molecule has 1 saturated heterocycles. The lowest BCUT2D eigenvalue weighted by molar-refractivity contribution is -0.120. The van der Waals surface area contributed by atoms with E-state index in [1.54, 1.807) is 7.11 Å². The Kier molecular flexibility index (Phi) is 3.58. The molecule has 2 N–H and O–H groups in total. The first-order valence-corrected chi connectivity index (χ1v) is 7.45. The second-order valence-electron chi connectivity index (χ2n) is 5.08. The van der Waals surface area contributed by atoms with Gasteiger partial charge in [-0.3, -0.25) is 4.79 Å². The van der Waals surface area contributed by atoms with Gasteiger partial charge in [0.1, 0.15) is 5.75 Å². The molecule has 1 aromatic carbocycles. The molecule has 1 fully saturated rings. The molecule has 2 heterocycles. The van der Waals surface area contributed by atoms with Gasteiger partial charge in [-0.05, 0) is 30.7 Å². The van der Waals surface area contributed by atoms with Crippen molar-refractivity contribution in [3.63, 3.8) is 0 Å². The van der Waals surface area contributed by atoms with E-state index in [0.717, 1.165) is 29.1 Å². The maximum atomic E-state index is 12.2. The van der Waals surface area contributed by atoms with Gasteiger partial charge in [0.2, 0.25) is 5.91 Å². The molecule has 1 aliphatic rings. The van der Waals surface area contributed by atoms with E-state index in [4.69, 9.17) is 4.74 Å². The lowest BCUT2D eigenvalue weighted by atomic mass is 9.97. The van der Waals surface area contributed by atoms with Crippen LogP contribution in [-0.4, -0.2) is 31.1 Å². The van der Waals surface area contributed by atoms with Crippen molar-refractivity contribution in [2.24, 2.45) is 11.8 Å². The fourth-order valence-corrected chi connectivity index (χ4v) is 3.34. The molecule has 3 rings (SSSR count). The summed E-state index contributed by atoms with van der Waals surface area (Å²) in [6, 6.07) is 5.71. The standard InChI is InChI=1S/C14H17N3O2S/c1-8-6-15-7-10(8)13(18)17-14-16-11-4-3-9(19-2)5-12(11)20-14/h3-5,8,10,15H,6-7H2,1-2H3,(H,16,17,18)/t8-,10-/m1/s1. The van der Waals surface area contributed by atoms with Gasteiger partial charge in [0.05, 0.1) is 23.2 Å². The molecule has 2 atom stereocenters. The highest BCUT2D eigenvalue weighted by atomic mass is 32.1. The number of benzene rings is 1. The normalized spacial score (nSPS) is 22.1. The fourth-order valence-electron chi connectivity index (χ4n) is 2.44. The molecular weight excluding hydrogens is 274 g/mol. The van der Waals surface area contributed by atoms with Crippen LogP contribution in [0.25, 0.3) is 10.2 Å². The second-order valence-corrected chi connectivity index (χ2v) is 6.11. The minimum Gasteiger partial charge on any atom is -0.497 e. The average Bonchev–Trinajstić information content (AvgIpc) is 3.03. The van der Waals surface area contributed by atoms with Crippen LogP contribution in [0.3, 0.4) is 0 Å². The van der Waals surface area contributed by atoms with Crippen LogP contribution < -0.4 is 15.4 Å². The Morgan fingerprint density at radius 3 is 3.05 bits per heavy atom. The van der Waals surface area contributed by atoms with Crippen molar-refractivity contribution >= 4 is 32.6 Å². The molecule has 0 radical (unpaired) electrons. The number of aromatic nitrogens is 1. The zero-order valence-electron chi connectivity index (χ0n) is 11.5. The van der Waals surface area contributed by atoms with E-state index >= 15 is 0 Å². The van der Waals surface area contributed by atoms with E-state index in [9.17, 15) is 4.79 Å². The second kappa shape index (κ2) is 5.38. The molecule has 0 spiro atoms. The number of ether oxygens (including phenoxy) is 1. The van der Waals surface area contributed by atoms with Crippen LogP contribution in [0.15, 0.2) is 18.2 Å². The fraction of sp³-hybridized carbons (Fsp3) is 0.429. The Labute approximate surface area is 121 Å². The highest BCUT2D eigenvalue weighted by molar-refractivity contribution is 7.22. The van der Waals surface area contributed by atoms with Crippen LogP contribution in [0.5, 0.6) is 5.75 Å². The minimum atomic E-state index is 0.0246. The number of hydrogen-bond acceptors (Lipinski definition) is 5. The number of anilines is 1. The SMILES string of the molecule is COc1ccc2nc(NC(=O)[C@@H]3CNC[C@H]3C)sc2c1. The third-order valence-corrected chi connectivity index (χ3v) is 4.61. The van der Waals surface area contributed by atoms with E-state index in [0.29, 0.717) is 11.0 Å². The minimum absolute atomic E-state index is 0.0246. The Morgan fingerprint density at radius 2 is 2.35 bits per heavy atom. The van der Waals surface area contributed by atoms with Gasteiger partial charge in [-0.25, -0.2) is 4.98 Å². The van der Waals surface area contributed by atoms with E-state index in [1.165, 1.54) is 11.3 Å². The maximum Gasteiger partial charge on any atom is 0.230 e. The summed E-state index contributed by atoms with van der Waals surface area (Å²) in [6.45, 7) is 3.73. The first kappa shape index (κ1) is 13.3. The van der Waals surface area contributed by atoms with Crippen molar-refractivity contribution in [3.8, 4) is 5.75 Å². The van der Waals surface area contributed by atoms with Crippen molar-refractivity contribution in [1.29, 1.82) is 0 Å². The van der Waals surface area contributed by atoms with Crippen LogP contribution >= 0.6 is 11.3 Å². The smallest absolute Gasteiger partial charge is 0.230 e. The quantitative estimate of drug-likeness (QED) is 0.909. The summed E-state index contributed by atoms with van der Waals surface area (Å²) in [5.74, 6) is 1.24. The monoisotopic (exact) mass is 291 g/mol. The van der Waals surface area contributed by atoms with Gasteiger partial charge in [-0.15, -0.1) is 0 Å². The van der Waals surface area contributed by atoms with Gasteiger partial charge in [-0.1, -0.05) is 18.3 Å². The van der Waals surface area contributed by atoms with E-state index in [1.807, 2.05) is 18.2 Å². The summed E-state index contributed by atoms with van der Waals surface area (Å²) in [5.41, 5.74) is 0.878. The van der Waals surface area contributed by atoms with Crippen molar-refractivity contribution in [2.75, 3.05) is 25.5 Å². The van der Waals surface area contributed by atoms with Gasteiger partial charge in [0.25, 0.3) is 0 Å². The third kappa shape index (κ3) is 2.48. The molecule has 6 heteroatoms. The summed E-state index contributed by atoms with van der Waals surface area (Å²) in [5, 5.41) is 6.82. The highest BCUT2D eigenvalue weighted by Gasteiger charge is 2.29. The molecule has 1 amide bonds. The Bertz CT molecular complexity index is 640.